The van der Waals surface area contributed by atoms with Gasteiger partial charge in [-0.05, 0) is 24.5 Å². The molecule has 0 saturated heterocycles. The molecule has 2 nitrogen and oxygen atoms in total. The van der Waals surface area contributed by atoms with Gasteiger partial charge in [0.25, 0.3) is 5.19 Å². The Morgan fingerprint density at radius 3 is 2.78 bits per heavy atom. The number of para-hydroxylation sites is 1. The second-order valence-electron chi connectivity index (χ2n) is 5.04. The first-order valence-corrected chi connectivity index (χ1v) is 7.56. The van der Waals surface area contributed by atoms with Crippen LogP contribution in [0.5, 0.6) is 5.19 Å². The van der Waals surface area contributed by atoms with Gasteiger partial charge in [-0.15, -0.1) is 0 Å². The zero-order valence-electron chi connectivity index (χ0n) is 11.2. The summed E-state index contributed by atoms with van der Waals surface area (Å²) < 4.78 is 6.91. The SMILES string of the molecule is CC(C)CCCCCOc1nc2ccccc2s1. The summed E-state index contributed by atoms with van der Waals surface area (Å²) in [5, 5.41) is 0.806. The molecule has 1 heterocycles. The molecule has 0 atom stereocenters. The van der Waals surface area contributed by atoms with Crippen molar-refractivity contribution in [2.75, 3.05) is 6.61 Å². The summed E-state index contributed by atoms with van der Waals surface area (Å²) in [6, 6.07) is 8.16. The number of nitrogens with zero attached hydrogens (tertiary/aromatic N) is 1. The van der Waals surface area contributed by atoms with Gasteiger partial charge in [0, 0.05) is 0 Å². The molecular formula is C15H21NOS. The number of rotatable bonds is 7. The smallest absolute Gasteiger partial charge is 0.274 e. The largest absolute Gasteiger partial charge is 0.470 e. The maximum Gasteiger partial charge on any atom is 0.274 e. The molecule has 0 aliphatic carbocycles. The molecule has 0 bridgehead atoms. The highest BCUT2D eigenvalue weighted by Gasteiger charge is 2.03. The molecule has 0 spiro atoms. The van der Waals surface area contributed by atoms with Crippen molar-refractivity contribution in [2.24, 2.45) is 5.92 Å². The van der Waals surface area contributed by atoms with E-state index in [1.807, 2.05) is 18.2 Å². The molecule has 0 fully saturated rings. The van der Waals surface area contributed by atoms with Crippen LogP contribution in [-0.2, 0) is 0 Å². The monoisotopic (exact) mass is 263 g/mol. The van der Waals surface area contributed by atoms with Gasteiger partial charge in [0.2, 0.25) is 0 Å². The standard InChI is InChI=1S/C15H21NOS/c1-12(2)8-4-3-7-11-17-15-16-13-9-5-6-10-14(13)18-15/h5-6,9-10,12H,3-4,7-8,11H2,1-2H3. The third-order valence-corrected chi connectivity index (χ3v) is 3.87. The molecule has 2 aromatic rings. The highest BCUT2D eigenvalue weighted by molar-refractivity contribution is 7.20. The number of unbranched alkanes of at least 4 members (excludes halogenated alkanes) is 2. The molecule has 0 saturated carbocycles. The van der Waals surface area contributed by atoms with Crippen LogP contribution >= 0.6 is 11.3 Å². The topological polar surface area (TPSA) is 22.1 Å². The van der Waals surface area contributed by atoms with Gasteiger partial charge in [-0.3, -0.25) is 0 Å². The van der Waals surface area contributed by atoms with E-state index < -0.39 is 0 Å². The van der Waals surface area contributed by atoms with E-state index in [0.29, 0.717) is 0 Å². The van der Waals surface area contributed by atoms with Crippen LogP contribution < -0.4 is 4.74 Å². The van der Waals surface area contributed by atoms with Crippen molar-refractivity contribution in [3.63, 3.8) is 0 Å². The molecule has 0 aliphatic heterocycles. The van der Waals surface area contributed by atoms with Gasteiger partial charge in [-0.1, -0.05) is 56.6 Å². The van der Waals surface area contributed by atoms with E-state index in [4.69, 9.17) is 4.74 Å². The molecule has 3 heteroatoms. The first kappa shape index (κ1) is 13.3. The molecule has 0 amide bonds. The fraction of sp³-hybridized carbons (Fsp3) is 0.533. The summed E-state index contributed by atoms with van der Waals surface area (Å²) in [6.45, 7) is 5.34. The van der Waals surface area contributed by atoms with Gasteiger partial charge in [0.15, 0.2) is 0 Å². The first-order chi connectivity index (χ1) is 8.75. The van der Waals surface area contributed by atoms with Gasteiger partial charge in [0.05, 0.1) is 16.8 Å². The summed E-state index contributed by atoms with van der Waals surface area (Å²) in [6.07, 6.45) is 5.01. The molecule has 0 radical (unpaired) electrons. The van der Waals surface area contributed by atoms with Gasteiger partial charge in [-0.2, -0.15) is 0 Å². The molecule has 2 rings (SSSR count). The van der Waals surface area contributed by atoms with Crippen LogP contribution in [0.2, 0.25) is 0 Å². The maximum atomic E-state index is 5.71. The van der Waals surface area contributed by atoms with E-state index in [0.717, 1.165) is 29.7 Å². The van der Waals surface area contributed by atoms with Crippen LogP contribution in [0.1, 0.15) is 39.5 Å². The lowest BCUT2D eigenvalue weighted by Crippen LogP contribution is -1.97. The van der Waals surface area contributed by atoms with E-state index >= 15 is 0 Å². The Morgan fingerprint density at radius 1 is 1.17 bits per heavy atom. The minimum atomic E-state index is 0.790. The molecule has 1 aromatic carbocycles. The zero-order valence-corrected chi connectivity index (χ0v) is 12.0. The normalized spacial score (nSPS) is 11.3. The molecular weight excluding hydrogens is 242 g/mol. The minimum absolute atomic E-state index is 0.790. The van der Waals surface area contributed by atoms with E-state index in [1.165, 1.54) is 24.0 Å². The van der Waals surface area contributed by atoms with Crippen molar-refractivity contribution in [3.8, 4) is 5.19 Å². The predicted molar refractivity (Wildman–Crippen MR) is 78.4 cm³/mol. The van der Waals surface area contributed by atoms with Gasteiger partial charge in [0.1, 0.15) is 0 Å². The molecule has 0 unspecified atom stereocenters. The Bertz CT molecular complexity index is 445. The highest BCUT2D eigenvalue weighted by Crippen LogP contribution is 2.27. The Balaban J connectivity index is 1.70. The molecule has 1 aromatic heterocycles. The minimum Gasteiger partial charge on any atom is -0.470 e. The second-order valence-corrected chi connectivity index (χ2v) is 6.03. The lowest BCUT2D eigenvalue weighted by molar-refractivity contribution is 0.302. The average Bonchev–Trinajstić information content (AvgIpc) is 2.75. The van der Waals surface area contributed by atoms with E-state index in [-0.39, 0.29) is 0 Å². The second kappa shape index (κ2) is 6.74. The summed E-state index contributed by atoms with van der Waals surface area (Å²) >= 11 is 1.63. The van der Waals surface area contributed by atoms with Crippen LogP contribution in [0.3, 0.4) is 0 Å². The summed E-state index contributed by atoms with van der Waals surface area (Å²) in [4.78, 5) is 4.46. The number of hydrogen-bond donors (Lipinski definition) is 0. The van der Waals surface area contributed by atoms with Crippen LogP contribution in [0.25, 0.3) is 10.2 Å². The fourth-order valence-electron chi connectivity index (χ4n) is 1.90. The average molecular weight is 263 g/mol. The fourth-order valence-corrected chi connectivity index (χ4v) is 2.74. The first-order valence-electron chi connectivity index (χ1n) is 6.74. The third-order valence-electron chi connectivity index (χ3n) is 2.93. The van der Waals surface area contributed by atoms with Crippen LogP contribution in [0, 0.1) is 5.92 Å². The van der Waals surface area contributed by atoms with E-state index in [9.17, 15) is 0 Å². The van der Waals surface area contributed by atoms with Crippen molar-refractivity contribution < 1.29 is 4.74 Å². The third kappa shape index (κ3) is 3.98. The Hall–Kier alpha value is -1.09. The predicted octanol–water partition coefficient (Wildman–Crippen LogP) is 4.89. The number of thiazole rings is 1. The Kier molecular flexibility index (Phi) is 5.00. The van der Waals surface area contributed by atoms with Crippen molar-refractivity contribution in [2.45, 2.75) is 39.5 Å². The van der Waals surface area contributed by atoms with Gasteiger partial charge >= 0.3 is 0 Å². The van der Waals surface area contributed by atoms with Crippen LogP contribution in [0.15, 0.2) is 24.3 Å². The number of ether oxygens (including phenoxy) is 1. The zero-order chi connectivity index (χ0) is 12.8. The Morgan fingerprint density at radius 2 is 2.00 bits per heavy atom. The van der Waals surface area contributed by atoms with Crippen molar-refractivity contribution >= 4 is 21.6 Å². The van der Waals surface area contributed by atoms with E-state index in [2.05, 4.69) is 24.9 Å². The van der Waals surface area contributed by atoms with Gasteiger partial charge < -0.3 is 4.74 Å². The van der Waals surface area contributed by atoms with Crippen molar-refractivity contribution in [1.29, 1.82) is 0 Å². The lowest BCUT2D eigenvalue weighted by Gasteiger charge is -2.04. The highest BCUT2D eigenvalue weighted by atomic mass is 32.1. The quantitative estimate of drug-likeness (QED) is 0.663. The van der Waals surface area contributed by atoms with Gasteiger partial charge in [-0.25, -0.2) is 4.98 Å². The molecule has 98 valence electrons. The number of benzene rings is 1. The molecule has 18 heavy (non-hydrogen) atoms. The number of fused-ring (bicyclic) bond motifs is 1. The van der Waals surface area contributed by atoms with Crippen LogP contribution in [0.4, 0.5) is 0 Å². The van der Waals surface area contributed by atoms with Crippen molar-refractivity contribution in [1.82, 2.24) is 4.98 Å². The molecule has 0 N–H and O–H groups in total. The summed E-state index contributed by atoms with van der Waals surface area (Å²) in [5.41, 5.74) is 1.04. The lowest BCUT2D eigenvalue weighted by atomic mass is 10.1. The maximum absolute atomic E-state index is 5.71. The Labute approximate surface area is 113 Å². The number of hydrogen-bond acceptors (Lipinski definition) is 3. The number of aromatic nitrogens is 1. The summed E-state index contributed by atoms with van der Waals surface area (Å²) in [7, 11) is 0. The molecule has 0 aliphatic rings. The van der Waals surface area contributed by atoms with Crippen molar-refractivity contribution in [3.05, 3.63) is 24.3 Å². The van der Waals surface area contributed by atoms with Crippen LogP contribution in [-0.4, -0.2) is 11.6 Å². The summed E-state index contributed by atoms with van der Waals surface area (Å²) in [5.74, 6) is 0.815. The van der Waals surface area contributed by atoms with E-state index in [1.54, 1.807) is 11.3 Å².